The summed E-state index contributed by atoms with van der Waals surface area (Å²) in [6.45, 7) is 9.00. The third-order valence-corrected chi connectivity index (χ3v) is 11.5. The fourth-order valence-corrected chi connectivity index (χ4v) is 7.69. The summed E-state index contributed by atoms with van der Waals surface area (Å²) in [5.74, 6) is -0.00294. The molecule has 0 saturated carbocycles. The molecule has 0 aliphatic rings. The van der Waals surface area contributed by atoms with E-state index >= 15 is 0 Å². The number of carbonyl (C=O) groups is 3. The van der Waals surface area contributed by atoms with E-state index in [1.54, 1.807) is 0 Å². The van der Waals surface area contributed by atoms with Gasteiger partial charge < -0.3 is 14.2 Å². The lowest BCUT2D eigenvalue weighted by Crippen LogP contribution is -2.30. The second-order valence-electron chi connectivity index (χ2n) is 17.9. The van der Waals surface area contributed by atoms with Gasteiger partial charge in [0.05, 0.1) is 0 Å². The monoisotopic (exact) mass is 807 g/mol. The molecule has 0 saturated heterocycles. The van der Waals surface area contributed by atoms with Gasteiger partial charge in [-0.2, -0.15) is 0 Å². The first-order valence-corrected chi connectivity index (χ1v) is 25.4. The van der Waals surface area contributed by atoms with E-state index in [0.29, 0.717) is 19.3 Å². The van der Waals surface area contributed by atoms with Crippen molar-refractivity contribution in [3.05, 3.63) is 0 Å². The highest BCUT2D eigenvalue weighted by Gasteiger charge is 2.19. The van der Waals surface area contributed by atoms with Gasteiger partial charge in [-0.3, -0.25) is 14.4 Å². The van der Waals surface area contributed by atoms with E-state index in [-0.39, 0.29) is 31.1 Å². The van der Waals surface area contributed by atoms with Gasteiger partial charge in [-0.1, -0.05) is 246 Å². The topological polar surface area (TPSA) is 78.9 Å². The van der Waals surface area contributed by atoms with E-state index in [1.165, 1.54) is 180 Å². The summed E-state index contributed by atoms with van der Waals surface area (Å²) < 4.78 is 16.7. The average Bonchev–Trinajstić information content (AvgIpc) is 3.19. The Morgan fingerprint density at radius 1 is 0.333 bits per heavy atom. The lowest BCUT2D eigenvalue weighted by atomic mass is 10.0. The van der Waals surface area contributed by atoms with Gasteiger partial charge in [-0.25, -0.2) is 0 Å². The molecule has 0 unspecified atom stereocenters. The van der Waals surface area contributed by atoms with Gasteiger partial charge in [-0.15, -0.1) is 0 Å². The molecule has 0 aromatic rings. The molecule has 338 valence electrons. The zero-order chi connectivity index (χ0) is 41.7. The molecule has 0 radical (unpaired) electrons. The van der Waals surface area contributed by atoms with Gasteiger partial charge in [-0.05, 0) is 25.2 Å². The highest BCUT2D eigenvalue weighted by molar-refractivity contribution is 5.71. The normalized spacial score (nSPS) is 11.9. The lowest BCUT2D eigenvalue weighted by molar-refractivity contribution is -0.167. The molecule has 0 rings (SSSR count). The molecule has 0 heterocycles. The Bertz CT molecular complexity index is 857. The summed E-state index contributed by atoms with van der Waals surface area (Å²) in [6, 6.07) is 0. The number of hydrogen-bond acceptors (Lipinski definition) is 6. The Kier molecular flexibility index (Phi) is 44.2. The Hall–Kier alpha value is -1.59. The van der Waals surface area contributed by atoms with Crippen LogP contribution in [-0.4, -0.2) is 37.2 Å². The predicted molar refractivity (Wildman–Crippen MR) is 243 cm³/mol. The number of unbranched alkanes of at least 4 members (excludes halogenated alkanes) is 33. The minimum atomic E-state index is -0.759. The van der Waals surface area contributed by atoms with E-state index in [4.69, 9.17) is 14.2 Å². The van der Waals surface area contributed by atoms with Gasteiger partial charge in [0, 0.05) is 19.3 Å². The third-order valence-electron chi connectivity index (χ3n) is 11.5. The number of ether oxygens (including phenoxy) is 3. The van der Waals surface area contributed by atoms with Gasteiger partial charge in [0.25, 0.3) is 0 Å². The molecule has 57 heavy (non-hydrogen) atoms. The number of hydrogen-bond donors (Lipinski definition) is 0. The predicted octanol–water partition coefficient (Wildman–Crippen LogP) is 16.3. The van der Waals surface area contributed by atoms with Crippen molar-refractivity contribution in [1.29, 1.82) is 0 Å². The van der Waals surface area contributed by atoms with Crippen molar-refractivity contribution in [1.82, 2.24) is 0 Å². The number of rotatable bonds is 46. The summed E-state index contributed by atoms with van der Waals surface area (Å²) in [6.07, 6.45) is 46.7. The molecular formula is C51H98O6. The first kappa shape index (κ1) is 55.4. The minimum absolute atomic E-state index is 0.0632. The zero-order valence-electron chi connectivity index (χ0n) is 38.8. The van der Waals surface area contributed by atoms with Crippen LogP contribution in [0.5, 0.6) is 0 Å². The van der Waals surface area contributed by atoms with Gasteiger partial charge in [0.1, 0.15) is 13.2 Å². The summed E-state index contributed by atoms with van der Waals surface area (Å²) in [7, 11) is 0. The van der Waals surface area contributed by atoms with Crippen LogP contribution in [0.2, 0.25) is 0 Å². The van der Waals surface area contributed by atoms with Crippen LogP contribution in [0, 0.1) is 5.92 Å². The average molecular weight is 807 g/mol. The summed E-state index contributed by atoms with van der Waals surface area (Å²) in [5, 5.41) is 0. The highest BCUT2D eigenvalue weighted by atomic mass is 16.6. The Morgan fingerprint density at radius 3 is 0.860 bits per heavy atom. The molecule has 0 aliphatic heterocycles. The van der Waals surface area contributed by atoms with E-state index in [9.17, 15) is 14.4 Å². The van der Waals surface area contributed by atoms with Crippen molar-refractivity contribution in [3.63, 3.8) is 0 Å². The van der Waals surface area contributed by atoms with Crippen LogP contribution in [0.4, 0.5) is 0 Å². The van der Waals surface area contributed by atoms with Crippen LogP contribution in [-0.2, 0) is 28.6 Å². The molecule has 0 aromatic heterocycles. The molecular weight excluding hydrogens is 709 g/mol. The summed E-state index contributed by atoms with van der Waals surface area (Å²) in [5.41, 5.74) is 0. The molecule has 6 heteroatoms. The highest BCUT2D eigenvalue weighted by Crippen LogP contribution is 2.17. The first-order chi connectivity index (χ1) is 27.9. The Labute approximate surface area is 355 Å². The second-order valence-corrected chi connectivity index (χ2v) is 17.9. The Balaban J connectivity index is 4.18. The molecule has 1 atom stereocenters. The fraction of sp³-hybridized carbons (Fsp3) is 0.941. The summed E-state index contributed by atoms with van der Waals surface area (Å²) in [4.78, 5) is 37.7. The van der Waals surface area contributed by atoms with Gasteiger partial charge >= 0.3 is 17.9 Å². The van der Waals surface area contributed by atoms with Crippen molar-refractivity contribution in [2.24, 2.45) is 5.92 Å². The molecule has 0 bridgehead atoms. The Morgan fingerprint density at radius 2 is 0.579 bits per heavy atom. The van der Waals surface area contributed by atoms with E-state index < -0.39 is 6.10 Å². The number of esters is 3. The van der Waals surface area contributed by atoms with Gasteiger partial charge in [0.15, 0.2) is 6.10 Å². The fourth-order valence-electron chi connectivity index (χ4n) is 7.69. The molecule has 0 N–H and O–H groups in total. The second kappa shape index (κ2) is 45.5. The van der Waals surface area contributed by atoms with Crippen LogP contribution in [0.3, 0.4) is 0 Å². The van der Waals surface area contributed by atoms with E-state index in [0.717, 1.165) is 63.7 Å². The SMILES string of the molecule is CCCCCCCCCCCCCCCCC(=O)O[C@@H](COC(=O)CCCCCCCCC)COC(=O)CCCCCCCCCCCCCCCCCC(C)C. The molecule has 0 aromatic carbocycles. The largest absolute Gasteiger partial charge is 0.462 e. The van der Waals surface area contributed by atoms with Crippen molar-refractivity contribution < 1.29 is 28.6 Å². The molecule has 0 spiro atoms. The van der Waals surface area contributed by atoms with Crippen molar-refractivity contribution in [2.45, 2.75) is 291 Å². The molecule has 0 fully saturated rings. The first-order valence-electron chi connectivity index (χ1n) is 25.4. The quantitative estimate of drug-likeness (QED) is 0.0346. The van der Waals surface area contributed by atoms with Crippen LogP contribution < -0.4 is 0 Å². The molecule has 0 amide bonds. The standard InChI is InChI=1S/C51H98O6/c1-5-7-9-11-13-14-15-16-21-25-28-32-36-40-44-51(54)57-48(45-55-49(52)42-38-34-29-12-10-8-6-2)46-56-50(53)43-39-35-31-27-24-22-19-17-18-20-23-26-30-33-37-41-47(3)4/h47-48H,5-46H2,1-4H3/t48-/m0/s1. The zero-order valence-corrected chi connectivity index (χ0v) is 38.8. The van der Waals surface area contributed by atoms with Crippen molar-refractivity contribution >= 4 is 17.9 Å². The number of carbonyl (C=O) groups excluding carboxylic acids is 3. The van der Waals surface area contributed by atoms with Crippen molar-refractivity contribution in [3.8, 4) is 0 Å². The van der Waals surface area contributed by atoms with E-state index in [2.05, 4.69) is 27.7 Å². The maximum atomic E-state index is 12.7. The van der Waals surface area contributed by atoms with Crippen LogP contribution >= 0.6 is 0 Å². The maximum absolute atomic E-state index is 12.7. The lowest BCUT2D eigenvalue weighted by Gasteiger charge is -2.18. The van der Waals surface area contributed by atoms with Crippen LogP contribution in [0.1, 0.15) is 285 Å². The van der Waals surface area contributed by atoms with Crippen LogP contribution in [0.15, 0.2) is 0 Å². The summed E-state index contributed by atoms with van der Waals surface area (Å²) >= 11 is 0. The maximum Gasteiger partial charge on any atom is 0.306 e. The molecule has 0 aliphatic carbocycles. The third kappa shape index (κ3) is 45.3. The van der Waals surface area contributed by atoms with Crippen molar-refractivity contribution in [2.75, 3.05) is 13.2 Å². The van der Waals surface area contributed by atoms with Gasteiger partial charge in [0.2, 0.25) is 0 Å². The van der Waals surface area contributed by atoms with E-state index in [1.807, 2.05) is 0 Å². The minimum Gasteiger partial charge on any atom is -0.462 e. The smallest absolute Gasteiger partial charge is 0.306 e. The molecule has 6 nitrogen and oxygen atoms in total. The van der Waals surface area contributed by atoms with Crippen LogP contribution in [0.25, 0.3) is 0 Å².